The first-order valence-corrected chi connectivity index (χ1v) is 13.8. The lowest BCUT2D eigenvalue weighted by molar-refractivity contribution is -0.799. The molecule has 0 spiro atoms. The molecule has 5 heterocycles. The standard InChI is InChI=1S/C30H21I2N3/c1-18-14-27-28-23(15-20(31)16-25(28)32)30-29(35(27)17-24(18)19-9-11-33-12-10-19)22-7-3-2-6-21(22)26-8-4-5-13-34(26)30/h2-17,29-30H,1H3/q+2. The number of fused-ring (bicyclic) bond motifs is 11. The van der Waals surface area contributed by atoms with E-state index < -0.39 is 0 Å². The van der Waals surface area contributed by atoms with Crippen molar-refractivity contribution in [2.24, 2.45) is 0 Å². The lowest BCUT2D eigenvalue weighted by Crippen LogP contribution is -2.60. The third-order valence-corrected chi connectivity index (χ3v) is 8.79. The van der Waals surface area contributed by atoms with E-state index in [1.54, 1.807) is 0 Å². The minimum atomic E-state index is 0.156. The molecule has 5 heteroatoms. The van der Waals surface area contributed by atoms with Crippen LogP contribution in [0.1, 0.15) is 28.8 Å². The third kappa shape index (κ3) is 3.24. The van der Waals surface area contributed by atoms with Crippen LogP contribution in [0.5, 0.6) is 0 Å². The second-order valence-electron chi connectivity index (χ2n) is 9.22. The summed E-state index contributed by atoms with van der Waals surface area (Å²) in [5.74, 6) is 0. The minimum absolute atomic E-state index is 0.156. The average Bonchev–Trinajstić information content (AvgIpc) is 2.88. The van der Waals surface area contributed by atoms with Crippen LogP contribution in [0.25, 0.3) is 33.6 Å². The monoisotopic (exact) mass is 677 g/mol. The topological polar surface area (TPSA) is 20.6 Å². The number of aryl methyl sites for hydroxylation is 1. The van der Waals surface area contributed by atoms with Crippen molar-refractivity contribution >= 4 is 45.2 Å². The lowest BCUT2D eigenvalue weighted by atomic mass is 9.79. The maximum absolute atomic E-state index is 4.25. The lowest BCUT2D eigenvalue weighted by Gasteiger charge is -2.33. The van der Waals surface area contributed by atoms with Crippen molar-refractivity contribution in [3.63, 3.8) is 0 Å². The molecular formula is C30H21I2N3+2. The zero-order valence-corrected chi connectivity index (χ0v) is 23.3. The Labute approximate surface area is 231 Å². The second-order valence-corrected chi connectivity index (χ2v) is 11.6. The molecule has 0 fully saturated rings. The molecule has 0 saturated carbocycles. The van der Waals surface area contributed by atoms with Gasteiger partial charge in [-0.25, -0.2) is 0 Å². The first-order chi connectivity index (χ1) is 17.1. The molecule has 2 aliphatic heterocycles. The smallest absolute Gasteiger partial charge is 0.250 e. The molecule has 7 rings (SSSR count). The Morgan fingerprint density at radius 1 is 0.743 bits per heavy atom. The third-order valence-electron chi connectivity index (χ3n) is 7.32. The molecule has 2 atom stereocenters. The van der Waals surface area contributed by atoms with Gasteiger partial charge in [-0.2, -0.15) is 9.13 Å². The van der Waals surface area contributed by atoms with E-state index in [2.05, 4.69) is 151 Å². The van der Waals surface area contributed by atoms with E-state index in [1.807, 2.05) is 12.4 Å². The summed E-state index contributed by atoms with van der Waals surface area (Å²) in [6.07, 6.45) is 8.39. The molecule has 2 unspecified atom stereocenters. The molecule has 0 amide bonds. The van der Waals surface area contributed by atoms with Crippen LogP contribution in [0.4, 0.5) is 0 Å². The minimum Gasteiger partial charge on any atom is -0.265 e. The highest BCUT2D eigenvalue weighted by Crippen LogP contribution is 2.47. The number of hydrogen-bond donors (Lipinski definition) is 0. The molecule has 0 radical (unpaired) electrons. The Hall–Kier alpha value is -2.65. The Balaban J connectivity index is 1.62. The van der Waals surface area contributed by atoms with Crippen LogP contribution < -0.4 is 9.13 Å². The molecule has 0 aliphatic carbocycles. The first kappa shape index (κ1) is 21.6. The van der Waals surface area contributed by atoms with E-state index >= 15 is 0 Å². The zero-order valence-electron chi connectivity index (χ0n) is 19.0. The molecule has 0 N–H and O–H groups in total. The van der Waals surface area contributed by atoms with Crippen LogP contribution in [0.2, 0.25) is 0 Å². The summed E-state index contributed by atoms with van der Waals surface area (Å²) in [6.45, 7) is 2.22. The number of pyridine rings is 3. The summed E-state index contributed by atoms with van der Waals surface area (Å²) in [5.41, 5.74) is 11.7. The van der Waals surface area contributed by atoms with E-state index in [1.165, 1.54) is 57.5 Å². The molecule has 0 bridgehead atoms. The van der Waals surface area contributed by atoms with Gasteiger partial charge in [0.05, 0.1) is 11.1 Å². The summed E-state index contributed by atoms with van der Waals surface area (Å²) < 4.78 is 7.59. The largest absolute Gasteiger partial charge is 0.265 e. The SMILES string of the molecule is Cc1cc2[n+](cc1-c1ccncc1)C1c3ccccc3-c3cccc[n+]3C1c1cc(I)cc(I)c1-2. The van der Waals surface area contributed by atoms with Crippen molar-refractivity contribution in [1.29, 1.82) is 0 Å². The fourth-order valence-corrected chi connectivity index (χ4v) is 8.06. The molecule has 0 saturated heterocycles. The number of aromatic nitrogens is 3. The van der Waals surface area contributed by atoms with E-state index in [4.69, 9.17) is 0 Å². The summed E-state index contributed by atoms with van der Waals surface area (Å²) in [7, 11) is 0. The summed E-state index contributed by atoms with van der Waals surface area (Å²) in [6, 6.07) is 27.1. The molecule has 3 aromatic heterocycles. The normalized spacial score (nSPS) is 17.0. The first-order valence-electron chi connectivity index (χ1n) is 11.7. The van der Waals surface area contributed by atoms with Crippen molar-refractivity contribution in [3.05, 3.63) is 121 Å². The van der Waals surface area contributed by atoms with E-state index in [0.29, 0.717) is 0 Å². The van der Waals surface area contributed by atoms with Crippen molar-refractivity contribution < 1.29 is 9.13 Å². The fraction of sp³-hybridized carbons (Fsp3) is 0.100. The van der Waals surface area contributed by atoms with Gasteiger partial charge in [-0.1, -0.05) is 18.2 Å². The highest BCUT2D eigenvalue weighted by Gasteiger charge is 2.52. The van der Waals surface area contributed by atoms with Gasteiger partial charge in [0, 0.05) is 54.4 Å². The average molecular weight is 677 g/mol. The number of rotatable bonds is 1. The van der Waals surface area contributed by atoms with Crippen LogP contribution >= 0.6 is 45.2 Å². The molecule has 5 aromatic rings. The predicted molar refractivity (Wildman–Crippen MR) is 154 cm³/mol. The van der Waals surface area contributed by atoms with Gasteiger partial charge in [-0.3, -0.25) is 4.98 Å². The van der Waals surface area contributed by atoms with Crippen molar-refractivity contribution in [1.82, 2.24) is 4.98 Å². The predicted octanol–water partition coefficient (Wildman–Crippen LogP) is 6.68. The van der Waals surface area contributed by atoms with Crippen LogP contribution in [-0.4, -0.2) is 4.98 Å². The van der Waals surface area contributed by atoms with E-state index in [0.717, 1.165) is 0 Å². The Bertz CT molecular complexity index is 1650. The van der Waals surface area contributed by atoms with Crippen LogP contribution in [-0.2, 0) is 0 Å². The van der Waals surface area contributed by atoms with Gasteiger partial charge in [0.2, 0.25) is 11.4 Å². The van der Waals surface area contributed by atoms with E-state index in [-0.39, 0.29) is 12.1 Å². The van der Waals surface area contributed by atoms with E-state index in [9.17, 15) is 0 Å². The van der Waals surface area contributed by atoms with Gasteiger partial charge in [-0.05, 0) is 99.6 Å². The fourth-order valence-electron chi connectivity index (χ4n) is 5.89. The number of benzene rings is 2. The quantitative estimate of drug-likeness (QED) is 0.143. The highest BCUT2D eigenvalue weighted by atomic mass is 127. The molecule has 2 aliphatic rings. The Morgan fingerprint density at radius 2 is 1.51 bits per heavy atom. The van der Waals surface area contributed by atoms with Crippen molar-refractivity contribution in [3.8, 4) is 33.6 Å². The molecule has 168 valence electrons. The van der Waals surface area contributed by atoms with Gasteiger partial charge in [0.15, 0.2) is 12.4 Å². The van der Waals surface area contributed by atoms with Gasteiger partial charge in [-0.15, -0.1) is 0 Å². The van der Waals surface area contributed by atoms with Gasteiger partial charge < -0.3 is 0 Å². The van der Waals surface area contributed by atoms with Crippen LogP contribution in [0.15, 0.2) is 97.6 Å². The zero-order chi connectivity index (χ0) is 23.7. The molecule has 3 nitrogen and oxygen atoms in total. The highest BCUT2D eigenvalue weighted by molar-refractivity contribution is 14.1. The maximum atomic E-state index is 4.25. The van der Waals surface area contributed by atoms with Crippen LogP contribution in [0, 0.1) is 14.1 Å². The Morgan fingerprint density at radius 3 is 2.37 bits per heavy atom. The summed E-state index contributed by atoms with van der Waals surface area (Å²) in [5, 5.41) is 0. The van der Waals surface area contributed by atoms with Crippen molar-refractivity contribution in [2.75, 3.05) is 0 Å². The van der Waals surface area contributed by atoms with Gasteiger partial charge >= 0.3 is 0 Å². The van der Waals surface area contributed by atoms with Crippen LogP contribution in [0.3, 0.4) is 0 Å². The number of hydrogen-bond acceptors (Lipinski definition) is 1. The Kier molecular flexibility index (Phi) is 5.06. The summed E-state index contributed by atoms with van der Waals surface area (Å²) in [4.78, 5) is 4.25. The summed E-state index contributed by atoms with van der Waals surface area (Å²) >= 11 is 4.99. The molecule has 35 heavy (non-hydrogen) atoms. The number of nitrogens with zero attached hydrogens (tertiary/aromatic N) is 3. The van der Waals surface area contributed by atoms with Crippen molar-refractivity contribution in [2.45, 2.75) is 19.0 Å². The maximum Gasteiger partial charge on any atom is 0.250 e. The molecule has 2 aromatic carbocycles. The number of halogens is 2. The molecular weight excluding hydrogens is 656 g/mol. The second kappa shape index (κ2) is 8.20. The van der Waals surface area contributed by atoms with Gasteiger partial charge in [0.1, 0.15) is 0 Å². The van der Waals surface area contributed by atoms with Gasteiger partial charge in [0.25, 0.3) is 12.1 Å².